The monoisotopic (exact) mass is 443 g/mol. The van der Waals surface area contributed by atoms with Crippen LogP contribution in [0.2, 0.25) is 0 Å². The maximum Gasteiger partial charge on any atom is 0.214 e. The zero-order valence-corrected chi connectivity index (χ0v) is 15.6. The Morgan fingerprint density at radius 3 is 2.39 bits per heavy atom. The van der Waals surface area contributed by atoms with Gasteiger partial charge in [-0.2, -0.15) is 0 Å². The minimum Gasteiger partial charge on any atom is -0.313 e. The van der Waals surface area contributed by atoms with Gasteiger partial charge in [-0.15, -0.1) is 0 Å². The van der Waals surface area contributed by atoms with E-state index in [0.29, 0.717) is 4.83 Å². The van der Waals surface area contributed by atoms with Gasteiger partial charge < -0.3 is 4.90 Å². The van der Waals surface area contributed by atoms with Gasteiger partial charge in [-0.05, 0) is 50.8 Å². The zero-order chi connectivity index (χ0) is 14.0. The Kier molecular flexibility index (Phi) is 11.5. The number of hydrogen-bond donors (Lipinski definition) is 0. The third-order valence-electron chi connectivity index (χ3n) is 2.41. The molecule has 0 aliphatic heterocycles. The molecule has 104 valence electrons. The van der Waals surface area contributed by atoms with Crippen molar-refractivity contribution in [3.05, 3.63) is 21.2 Å². The first kappa shape index (κ1) is 18.4. The Labute approximate surface area is 135 Å². The van der Waals surface area contributed by atoms with Crippen molar-refractivity contribution >= 4 is 54.2 Å². The number of allylic oxidation sites excluding steroid dienone is 2. The van der Waals surface area contributed by atoms with E-state index >= 15 is 0 Å². The Bertz CT molecular complexity index is 299. The van der Waals surface area contributed by atoms with Crippen molar-refractivity contribution in [3.8, 4) is 0 Å². The van der Waals surface area contributed by atoms with Crippen LogP contribution in [0.25, 0.3) is 0 Å². The molecule has 0 heterocycles. The quantitative estimate of drug-likeness (QED) is 0.267. The minimum absolute atomic E-state index is 0.344. The van der Waals surface area contributed by atoms with Crippen molar-refractivity contribution < 1.29 is 4.79 Å². The summed E-state index contributed by atoms with van der Waals surface area (Å²) in [6.45, 7) is 5.00. The van der Waals surface area contributed by atoms with Gasteiger partial charge in [0, 0.05) is 11.4 Å². The van der Waals surface area contributed by atoms with Gasteiger partial charge in [-0.25, -0.2) is 0 Å². The lowest BCUT2D eigenvalue weighted by molar-refractivity contribution is -0.116. The number of unbranched alkanes of at least 4 members (excludes halogenated alkanes) is 1. The van der Waals surface area contributed by atoms with Gasteiger partial charge in [-0.3, -0.25) is 4.79 Å². The van der Waals surface area contributed by atoms with Gasteiger partial charge in [0.05, 0.1) is 9.09 Å². The predicted octanol–water partition coefficient (Wildman–Crippen LogP) is 5.32. The summed E-state index contributed by atoms with van der Waals surface area (Å²) in [5.41, 5.74) is 0.860. The molecular weight excluding hydrogens is 426 g/mol. The number of nitrogens with zero attached hydrogens (tertiary/aromatic N) is 1. The predicted molar refractivity (Wildman–Crippen MR) is 89.3 cm³/mol. The van der Waals surface area contributed by atoms with Crippen molar-refractivity contribution in [3.63, 3.8) is 0 Å². The largest absolute Gasteiger partial charge is 0.313 e. The van der Waals surface area contributed by atoms with E-state index in [2.05, 4.69) is 67.7 Å². The maximum atomic E-state index is 11.1. The molecule has 0 aliphatic rings. The molecule has 2 nitrogen and oxygen atoms in total. The molecule has 1 atom stereocenters. The molecule has 0 saturated carbocycles. The number of carbonyl (C=O) groups excluding carboxylic acids is 1. The molecule has 0 aromatic heterocycles. The smallest absolute Gasteiger partial charge is 0.214 e. The standard InChI is InChI=1S/C13H20Br3NO/c1-3-5-9-17(10-18)12(13(15)16)8-7-11(14)6-4-2/h7-8,10-11H,3-6,9H2,1-2H3/b8-7+. The van der Waals surface area contributed by atoms with E-state index in [0.717, 1.165) is 47.7 Å². The van der Waals surface area contributed by atoms with E-state index < -0.39 is 0 Å². The molecule has 18 heavy (non-hydrogen) atoms. The molecule has 1 amide bonds. The van der Waals surface area contributed by atoms with Crippen LogP contribution in [0.15, 0.2) is 21.2 Å². The van der Waals surface area contributed by atoms with E-state index in [1.165, 1.54) is 0 Å². The van der Waals surface area contributed by atoms with Crippen LogP contribution in [0, 0.1) is 0 Å². The highest BCUT2D eigenvalue weighted by Gasteiger charge is 2.09. The second-order valence-corrected chi connectivity index (χ2v) is 7.79. The topological polar surface area (TPSA) is 20.3 Å². The molecule has 1 unspecified atom stereocenters. The van der Waals surface area contributed by atoms with Crippen molar-refractivity contribution in [1.82, 2.24) is 4.90 Å². The Hall–Kier alpha value is 0.390. The van der Waals surface area contributed by atoms with E-state index in [1.807, 2.05) is 6.08 Å². The molecule has 0 aliphatic carbocycles. The summed E-state index contributed by atoms with van der Waals surface area (Å²) in [6.07, 6.45) is 9.19. The van der Waals surface area contributed by atoms with Crippen LogP contribution >= 0.6 is 47.8 Å². The third kappa shape index (κ3) is 7.74. The molecule has 0 bridgehead atoms. The number of amides is 1. The summed E-state index contributed by atoms with van der Waals surface area (Å²) in [6, 6.07) is 0. The van der Waals surface area contributed by atoms with Gasteiger partial charge in [0.15, 0.2) is 0 Å². The molecule has 0 spiro atoms. The van der Waals surface area contributed by atoms with Gasteiger partial charge >= 0.3 is 0 Å². The highest BCUT2D eigenvalue weighted by Crippen LogP contribution is 2.24. The summed E-state index contributed by atoms with van der Waals surface area (Å²) in [7, 11) is 0. The first-order chi connectivity index (χ1) is 8.56. The Balaban J connectivity index is 4.75. The van der Waals surface area contributed by atoms with Crippen LogP contribution in [0.4, 0.5) is 0 Å². The number of rotatable bonds is 9. The SMILES string of the molecule is CCCCN(C=O)C(/C=C/C(Br)CCC)=C(Br)Br. The van der Waals surface area contributed by atoms with Crippen molar-refractivity contribution in [2.75, 3.05) is 6.54 Å². The van der Waals surface area contributed by atoms with E-state index in [1.54, 1.807) is 4.90 Å². The fourth-order valence-electron chi connectivity index (χ4n) is 1.39. The molecule has 0 rings (SSSR count). The van der Waals surface area contributed by atoms with Crippen LogP contribution in [0.5, 0.6) is 0 Å². The first-order valence-electron chi connectivity index (χ1n) is 6.16. The van der Waals surface area contributed by atoms with Crippen LogP contribution < -0.4 is 0 Å². The van der Waals surface area contributed by atoms with Crippen LogP contribution in [-0.4, -0.2) is 22.7 Å². The van der Waals surface area contributed by atoms with Crippen LogP contribution in [0.1, 0.15) is 39.5 Å². The number of halogens is 3. The summed E-state index contributed by atoms with van der Waals surface area (Å²) >= 11 is 10.4. The summed E-state index contributed by atoms with van der Waals surface area (Å²) in [4.78, 5) is 13.2. The zero-order valence-electron chi connectivity index (χ0n) is 10.8. The lowest BCUT2D eigenvalue weighted by Crippen LogP contribution is -2.22. The van der Waals surface area contributed by atoms with E-state index in [4.69, 9.17) is 0 Å². The fraction of sp³-hybridized carbons (Fsp3) is 0.615. The number of hydrogen-bond acceptors (Lipinski definition) is 1. The Morgan fingerprint density at radius 2 is 1.94 bits per heavy atom. The highest BCUT2D eigenvalue weighted by atomic mass is 79.9. The van der Waals surface area contributed by atoms with Crippen molar-refractivity contribution in [1.29, 1.82) is 0 Å². The molecular formula is C13H20Br3NO. The van der Waals surface area contributed by atoms with Gasteiger partial charge in [0.1, 0.15) is 0 Å². The molecule has 0 aromatic carbocycles. The summed E-state index contributed by atoms with van der Waals surface area (Å²) in [5, 5.41) is 0. The minimum atomic E-state index is 0.344. The average Bonchev–Trinajstić information content (AvgIpc) is 2.33. The lowest BCUT2D eigenvalue weighted by Gasteiger charge is -2.19. The second kappa shape index (κ2) is 11.2. The van der Waals surface area contributed by atoms with Crippen molar-refractivity contribution in [2.45, 2.75) is 44.4 Å². The average molecular weight is 446 g/mol. The number of alkyl halides is 1. The van der Waals surface area contributed by atoms with Crippen LogP contribution in [-0.2, 0) is 4.79 Å². The highest BCUT2D eigenvalue weighted by molar-refractivity contribution is 9.28. The maximum absolute atomic E-state index is 11.1. The molecule has 0 aromatic rings. The van der Waals surface area contributed by atoms with Gasteiger partial charge in [0.2, 0.25) is 6.41 Å². The normalized spacial score (nSPS) is 12.5. The molecule has 0 N–H and O–H groups in total. The van der Waals surface area contributed by atoms with Gasteiger partial charge in [-0.1, -0.05) is 48.7 Å². The van der Waals surface area contributed by atoms with Crippen molar-refractivity contribution in [2.24, 2.45) is 0 Å². The summed E-state index contributed by atoms with van der Waals surface area (Å²) < 4.78 is 0.797. The number of carbonyl (C=O) groups is 1. The molecule has 0 fully saturated rings. The lowest BCUT2D eigenvalue weighted by atomic mass is 10.2. The second-order valence-electron chi connectivity index (χ2n) is 3.96. The molecule has 5 heteroatoms. The first-order valence-corrected chi connectivity index (χ1v) is 8.66. The van der Waals surface area contributed by atoms with E-state index in [9.17, 15) is 4.79 Å². The van der Waals surface area contributed by atoms with E-state index in [-0.39, 0.29) is 0 Å². The van der Waals surface area contributed by atoms with Gasteiger partial charge in [0.25, 0.3) is 0 Å². The third-order valence-corrected chi connectivity index (χ3v) is 3.99. The summed E-state index contributed by atoms with van der Waals surface area (Å²) in [5.74, 6) is 0. The van der Waals surface area contributed by atoms with Crippen LogP contribution in [0.3, 0.4) is 0 Å². The fourth-order valence-corrected chi connectivity index (χ4v) is 2.72. The Morgan fingerprint density at radius 1 is 1.28 bits per heavy atom. The molecule has 0 saturated heterocycles. The molecule has 0 radical (unpaired) electrons.